The lowest BCUT2D eigenvalue weighted by Crippen LogP contribution is -2.65. The number of ether oxygens (including phenoxy) is 2. The first-order valence-corrected chi connectivity index (χ1v) is 8.41. The molecule has 2 fully saturated rings. The minimum absolute atomic E-state index is 0.132. The Balaban J connectivity index is 1.48. The number of hydrogen-bond donors (Lipinski definition) is 0. The van der Waals surface area contributed by atoms with Gasteiger partial charge in [0.25, 0.3) is 0 Å². The number of carbonyl (C=O) groups excluding carboxylic acids is 1. The zero-order valence-electron chi connectivity index (χ0n) is 13.9. The molecule has 4 rings (SSSR count). The van der Waals surface area contributed by atoms with Crippen LogP contribution in [0.15, 0.2) is 41.0 Å². The number of esters is 1. The minimum Gasteiger partial charge on any atom is -0.456 e. The average molecular weight is 327 g/mol. The van der Waals surface area contributed by atoms with E-state index in [2.05, 4.69) is 18.8 Å². The highest BCUT2D eigenvalue weighted by Gasteiger charge is 2.60. The van der Waals surface area contributed by atoms with Gasteiger partial charge in [-0.05, 0) is 25.0 Å². The van der Waals surface area contributed by atoms with Crippen molar-refractivity contribution in [2.75, 3.05) is 6.61 Å². The van der Waals surface area contributed by atoms with Gasteiger partial charge in [-0.25, -0.2) is 9.78 Å². The highest BCUT2D eigenvalue weighted by atomic mass is 16.6. The number of oxazole rings is 1. The van der Waals surface area contributed by atoms with Gasteiger partial charge < -0.3 is 13.9 Å². The fourth-order valence-electron chi connectivity index (χ4n) is 3.97. The van der Waals surface area contributed by atoms with Crippen LogP contribution in [0.25, 0.3) is 11.5 Å². The molecule has 0 spiro atoms. The molecule has 0 unspecified atom stereocenters. The molecule has 1 aromatic heterocycles. The van der Waals surface area contributed by atoms with Crippen molar-refractivity contribution in [1.82, 2.24) is 4.98 Å². The summed E-state index contributed by atoms with van der Waals surface area (Å²) in [6.07, 6.45) is 3.48. The van der Waals surface area contributed by atoms with Crippen molar-refractivity contribution in [1.29, 1.82) is 0 Å². The molecule has 5 nitrogen and oxygen atoms in total. The van der Waals surface area contributed by atoms with E-state index in [9.17, 15) is 4.79 Å². The van der Waals surface area contributed by atoms with Crippen LogP contribution >= 0.6 is 0 Å². The van der Waals surface area contributed by atoms with E-state index in [0.717, 1.165) is 25.0 Å². The van der Waals surface area contributed by atoms with E-state index in [1.807, 2.05) is 30.3 Å². The first kappa shape index (κ1) is 15.4. The predicted octanol–water partition coefficient (Wildman–Crippen LogP) is 3.70. The second kappa shape index (κ2) is 5.74. The van der Waals surface area contributed by atoms with Crippen LogP contribution in [0, 0.1) is 11.3 Å². The monoisotopic (exact) mass is 327 g/mol. The lowest BCUT2D eigenvalue weighted by molar-refractivity contribution is -0.243. The van der Waals surface area contributed by atoms with Crippen molar-refractivity contribution in [3.63, 3.8) is 0 Å². The first-order chi connectivity index (χ1) is 11.6. The van der Waals surface area contributed by atoms with Crippen molar-refractivity contribution >= 4 is 5.97 Å². The predicted molar refractivity (Wildman–Crippen MR) is 87.4 cm³/mol. The Morgan fingerprint density at radius 1 is 1.29 bits per heavy atom. The summed E-state index contributed by atoms with van der Waals surface area (Å²) >= 11 is 0. The van der Waals surface area contributed by atoms with Crippen LogP contribution in [-0.2, 0) is 9.47 Å². The molecular formula is C19H21NO4. The third-order valence-corrected chi connectivity index (χ3v) is 5.19. The van der Waals surface area contributed by atoms with E-state index in [1.165, 1.54) is 6.26 Å². The molecule has 0 N–H and O–H groups in total. The fraction of sp³-hybridized carbons (Fsp3) is 0.474. The number of fused-ring (bicyclic) bond motifs is 1. The molecule has 1 aliphatic heterocycles. The van der Waals surface area contributed by atoms with Crippen molar-refractivity contribution in [2.45, 2.75) is 38.9 Å². The Morgan fingerprint density at radius 3 is 2.88 bits per heavy atom. The van der Waals surface area contributed by atoms with E-state index in [1.54, 1.807) is 0 Å². The highest BCUT2D eigenvalue weighted by Crippen LogP contribution is 2.53. The number of nitrogens with zero attached hydrogens (tertiary/aromatic N) is 1. The summed E-state index contributed by atoms with van der Waals surface area (Å²) in [4.78, 5) is 16.7. The number of benzene rings is 1. The molecule has 126 valence electrons. The second-order valence-electron chi connectivity index (χ2n) is 7.15. The van der Waals surface area contributed by atoms with Gasteiger partial charge in [0.2, 0.25) is 5.89 Å². The van der Waals surface area contributed by atoms with Crippen LogP contribution in [0.2, 0.25) is 0 Å². The normalized spacial score (nSPS) is 27.8. The van der Waals surface area contributed by atoms with E-state index >= 15 is 0 Å². The molecule has 24 heavy (non-hydrogen) atoms. The van der Waals surface area contributed by atoms with Crippen LogP contribution in [0.1, 0.15) is 37.2 Å². The van der Waals surface area contributed by atoms with Crippen LogP contribution in [-0.4, -0.2) is 29.8 Å². The minimum atomic E-state index is -0.428. The van der Waals surface area contributed by atoms with Crippen molar-refractivity contribution in [3.8, 4) is 11.5 Å². The van der Waals surface area contributed by atoms with Crippen molar-refractivity contribution < 1.29 is 18.7 Å². The van der Waals surface area contributed by atoms with E-state index in [0.29, 0.717) is 5.89 Å². The Hall–Kier alpha value is -2.14. The zero-order valence-corrected chi connectivity index (χ0v) is 13.9. The van der Waals surface area contributed by atoms with Gasteiger partial charge in [0.05, 0.1) is 6.10 Å². The summed E-state index contributed by atoms with van der Waals surface area (Å²) < 4.78 is 17.0. The summed E-state index contributed by atoms with van der Waals surface area (Å²) in [6, 6.07) is 9.50. The molecule has 0 amide bonds. The Labute approximate surface area is 141 Å². The maximum atomic E-state index is 12.5. The van der Waals surface area contributed by atoms with Crippen molar-refractivity contribution in [2.24, 2.45) is 11.3 Å². The lowest BCUT2D eigenvalue weighted by atomic mass is 9.57. The highest BCUT2D eigenvalue weighted by molar-refractivity contribution is 5.87. The van der Waals surface area contributed by atoms with Crippen LogP contribution in [0.3, 0.4) is 0 Å². The Morgan fingerprint density at radius 2 is 2.08 bits per heavy atom. The molecule has 3 atom stereocenters. The van der Waals surface area contributed by atoms with E-state index in [4.69, 9.17) is 13.9 Å². The number of rotatable bonds is 3. The fourth-order valence-corrected chi connectivity index (χ4v) is 3.97. The quantitative estimate of drug-likeness (QED) is 0.804. The molecule has 5 heteroatoms. The van der Waals surface area contributed by atoms with E-state index in [-0.39, 0.29) is 29.2 Å². The van der Waals surface area contributed by atoms with Gasteiger partial charge in [0, 0.05) is 23.5 Å². The lowest BCUT2D eigenvalue weighted by Gasteiger charge is -2.58. The second-order valence-corrected chi connectivity index (χ2v) is 7.15. The smallest absolute Gasteiger partial charge is 0.360 e. The Kier molecular flexibility index (Phi) is 3.68. The summed E-state index contributed by atoms with van der Waals surface area (Å²) in [5.74, 6) is 0.288. The number of carbonyl (C=O) groups is 1. The molecule has 1 aliphatic carbocycles. The van der Waals surface area contributed by atoms with Crippen LogP contribution in [0.4, 0.5) is 0 Å². The van der Waals surface area contributed by atoms with E-state index < -0.39 is 5.97 Å². The first-order valence-electron chi connectivity index (χ1n) is 8.41. The molecule has 2 aliphatic rings. The SMILES string of the molecule is CC1(C)[C@@H]2OCCC[C@@H]2[C@H]1OC(=O)c1coc(-c2ccccc2)n1. The number of hydrogen-bond acceptors (Lipinski definition) is 5. The molecular weight excluding hydrogens is 306 g/mol. The maximum Gasteiger partial charge on any atom is 0.360 e. The molecule has 1 saturated heterocycles. The van der Waals surface area contributed by atoms with Gasteiger partial charge in [-0.1, -0.05) is 32.0 Å². The largest absolute Gasteiger partial charge is 0.456 e. The molecule has 2 heterocycles. The number of aromatic nitrogens is 1. The molecule has 1 aromatic carbocycles. The third kappa shape index (κ3) is 2.44. The van der Waals surface area contributed by atoms with Gasteiger partial charge in [-0.2, -0.15) is 0 Å². The van der Waals surface area contributed by atoms with Gasteiger partial charge in [0.1, 0.15) is 12.4 Å². The van der Waals surface area contributed by atoms with Gasteiger partial charge in [0.15, 0.2) is 5.69 Å². The molecule has 2 aromatic rings. The molecule has 0 bridgehead atoms. The summed E-state index contributed by atoms with van der Waals surface area (Å²) in [5.41, 5.74) is 0.887. The topological polar surface area (TPSA) is 61.6 Å². The summed E-state index contributed by atoms with van der Waals surface area (Å²) in [7, 11) is 0. The van der Waals surface area contributed by atoms with Crippen molar-refractivity contribution in [3.05, 3.63) is 42.3 Å². The zero-order chi connectivity index (χ0) is 16.7. The third-order valence-electron chi connectivity index (χ3n) is 5.19. The molecule has 0 radical (unpaired) electrons. The van der Waals surface area contributed by atoms with Crippen LogP contribution in [0.5, 0.6) is 0 Å². The maximum absolute atomic E-state index is 12.5. The average Bonchev–Trinajstić information content (AvgIpc) is 3.10. The van der Waals surface area contributed by atoms with Gasteiger partial charge in [-0.3, -0.25) is 0 Å². The summed E-state index contributed by atoms with van der Waals surface area (Å²) in [6.45, 7) is 4.99. The summed E-state index contributed by atoms with van der Waals surface area (Å²) in [5, 5.41) is 0. The van der Waals surface area contributed by atoms with Gasteiger partial charge in [-0.15, -0.1) is 0 Å². The molecule has 1 saturated carbocycles. The van der Waals surface area contributed by atoms with Crippen LogP contribution < -0.4 is 0 Å². The standard InChI is InChI=1S/C19H21NO4/c1-19(2)15-13(9-6-10-22-15)16(19)24-18(21)14-11-23-17(20-14)12-7-4-3-5-8-12/h3-5,7-8,11,13,15-16H,6,9-10H2,1-2H3/t13-,15+,16+/m0/s1. The Bertz CT molecular complexity index is 737. The van der Waals surface area contributed by atoms with Gasteiger partial charge >= 0.3 is 5.97 Å².